The molecule has 0 saturated carbocycles. The first-order valence-electron chi connectivity index (χ1n) is 5.84. The molecule has 0 aromatic heterocycles. The lowest BCUT2D eigenvalue weighted by Gasteiger charge is -2.26. The molecule has 0 spiro atoms. The monoisotopic (exact) mass is 228 g/mol. The molecule has 4 nitrogen and oxygen atoms in total. The Balaban J connectivity index is 3.95. The van der Waals surface area contributed by atoms with Crippen molar-refractivity contribution in [3.05, 3.63) is 0 Å². The molecule has 94 valence electrons. The van der Waals surface area contributed by atoms with E-state index in [1.807, 2.05) is 13.8 Å². The summed E-state index contributed by atoms with van der Waals surface area (Å²) in [5.74, 6) is 0. The van der Waals surface area contributed by atoms with E-state index in [0.29, 0.717) is 19.6 Å². The van der Waals surface area contributed by atoms with Gasteiger partial charge in [-0.25, -0.2) is 0 Å². The molecular weight excluding hydrogens is 204 g/mol. The van der Waals surface area contributed by atoms with Crippen molar-refractivity contribution >= 4 is 0 Å². The first kappa shape index (κ1) is 15.4. The lowest BCUT2D eigenvalue weighted by atomic mass is 9.96. The van der Waals surface area contributed by atoms with E-state index < -0.39 is 5.54 Å². The van der Waals surface area contributed by atoms with Crippen molar-refractivity contribution in [2.75, 3.05) is 26.9 Å². The van der Waals surface area contributed by atoms with Crippen LogP contribution in [-0.2, 0) is 9.47 Å². The topological polar surface area (TPSA) is 54.3 Å². The van der Waals surface area contributed by atoms with Crippen molar-refractivity contribution in [3.63, 3.8) is 0 Å². The Bertz CT molecular complexity index is 216. The van der Waals surface area contributed by atoms with Gasteiger partial charge in [-0.3, -0.25) is 5.32 Å². The van der Waals surface area contributed by atoms with Crippen molar-refractivity contribution in [2.45, 2.75) is 45.3 Å². The van der Waals surface area contributed by atoms with Gasteiger partial charge in [-0.1, -0.05) is 6.92 Å². The number of hydrogen-bond acceptors (Lipinski definition) is 4. The van der Waals surface area contributed by atoms with E-state index in [9.17, 15) is 0 Å². The van der Waals surface area contributed by atoms with E-state index in [4.69, 9.17) is 14.7 Å². The highest BCUT2D eigenvalue weighted by Crippen LogP contribution is 2.13. The average Bonchev–Trinajstić information content (AvgIpc) is 2.27. The summed E-state index contributed by atoms with van der Waals surface area (Å²) in [6.07, 6.45) is 1.77. The summed E-state index contributed by atoms with van der Waals surface area (Å²) in [6, 6.07) is 2.31. The van der Waals surface area contributed by atoms with Gasteiger partial charge in [0.2, 0.25) is 0 Å². The summed E-state index contributed by atoms with van der Waals surface area (Å²) >= 11 is 0. The SMILES string of the molecule is CCCNC(C)(C#N)CC(C)OCCOC. The van der Waals surface area contributed by atoms with Crippen molar-refractivity contribution in [1.29, 1.82) is 5.26 Å². The fraction of sp³-hybridized carbons (Fsp3) is 0.917. The van der Waals surface area contributed by atoms with E-state index in [2.05, 4.69) is 18.3 Å². The summed E-state index contributed by atoms with van der Waals surface area (Å²) < 4.78 is 10.5. The standard InChI is InChI=1S/C12H24N2O2/c1-5-6-14-12(3,10-13)9-11(2)16-8-7-15-4/h11,14H,5-9H2,1-4H3. The maximum absolute atomic E-state index is 9.14. The number of nitrogens with one attached hydrogen (secondary N) is 1. The molecule has 0 aliphatic carbocycles. The molecule has 2 atom stereocenters. The van der Waals surface area contributed by atoms with Crippen LogP contribution in [0.1, 0.15) is 33.6 Å². The highest BCUT2D eigenvalue weighted by atomic mass is 16.5. The maximum Gasteiger partial charge on any atom is 0.106 e. The Kier molecular flexibility index (Phi) is 8.18. The van der Waals surface area contributed by atoms with Gasteiger partial charge < -0.3 is 9.47 Å². The molecule has 0 aliphatic rings. The summed E-state index contributed by atoms with van der Waals surface area (Å²) in [5, 5.41) is 12.4. The summed E-state index contributed by atoms with van der Waals surface area (Å²) in [6.45, 7) is 8.01. The number of methoxy groups -OCH3 is 1. The first-order valence-corrected chi connectivity index (χ1v) is 5.84. The maximum atomic E-state index is 9.14. The van der Waals surface area contributed by atoms with E-state index in [0.717, 1.165) is 13.0 Å². The van der Waals surface area contributed by atoms with Gasteiger partial charge in [0, 0.05) is 13.5 Å². The quantitative estimate of drug-likeness (QED) is 0.610. The highest BCUT2D eigenvalue weighted by Gasteiger charge is 2.25. The van der Waals surface area contributed by atoms with Crippen LogP contribution >= 0.6 is 0 Å². The fourth-order valence-electron chi connectivity index (χ4n) is 1.52. The van der Waals surface area contributed by atoms with Gasteiger partial charge in [0.25, 0.3) is 0 Å². The Morgan fingerprint density at radius 1 is 1.44 bits per heavy atom. The normalized spacial score (nSPS) is 16.4. The third-order valence-corrected chi connectivity index (χ3v) is 2.40. The molecule has 0 radical (unpaired) electrons. The Morgan fingerprint density at radius 3 is 2.62 bits per heavy atom. The van der Waals surface area contributed by atoms with Crippen LogP contribution in [0.25, 0.3) is 0 Å². The van der Waals surface area contributed by atoms with Crippen LogP contribution in [0.3, 0.4) is 0 Å². The molecular formula is C12H24N2O2. The fourth-order valence-corrected chi connectivity index (χ4v) is 1.52. The van der Waals surface area contributed by atoms with Crippen LogP contribution in [0.5, 0.6) is 0 Å². The minimum atomic E-state index is -0.498. The van der Waals surface area contributed by atoms with Crippen LogP contribution in [0.2, 0.25) is 0 Å². The minimum absolute atomic E-state index is 0.0594. The van der Waals surface area contributed by atoms with Crippen LogP contribution in [-0.4, -0.2) is 38.5 Å². The lowest BCUT2D eigenvalue weighted by molar-refractivity contribution is 0.0144. The first-order chi connectivity index (χ1) is 7.58. The smallest absolute Gasteiger partial charge is 0.106 e. The minimum Gasteiger partial charge on any atom is -0.382 e. The van der Waals surface area contributed by atoms with E-state index in [1.54, 1.807) is 7.11 Å². The molecule has 0 aromatic carbocycles. The molecule has 0 fully saturated rings. The zero-order valence-electron chi connectivity index (χ0n) is 10.9. The van der Waals surface area contributed by atoms with Gasteiger partial charge in [-0.15, -0.1) is 0 Å². The molecule has 4 heteroatoms. The van der Waals surface area contributed by atoms with Crippen LogP contribution in [0.15, 0.2) is 0 Å². The second kappa shape index (κ2) is 8.51. The molecule has 0 heterocycles. The van der Waals surface area contributed by atoms with Crippen molar-refractivity contribution < 1.29 is 9.47 Å². The van der Waals surface area contributed by atoms with Gasteiger partial charge in [-0.2, -0.15) is 5.26 Å². The van der Waals surface area contributed by atoms with Crippen LogP contribution in [0, 0.1) is 11.3 Å². The number of nitriles is 1. The summed E-state index contributed by atoms with van der Waals surface area (Å²) in [7, 11) is 1.65. The van der Waals surface area contributed by atoms with E-state index in [-0.39, 0.29) is 6.10 Å². The molecule has 0 aliphatic heterocycles. The second-order valence-electron chi connectivity index (χ2n) is 4.25. The zero-order chi connectivity index (χ0) is 12.4. The Morgan fingerprint density at radius 2 is 2.12 bits per heavy atom. The molecule has 16 heavy (non-hydrogen) atoms. The number of nitrogens with zero attached hydrogens (tertiary/aromatic N) is 1. The molecule has 2 unspecified atom stereocenters. The summed E-state index contributed by atoms with van der Waals surface area (Å²) in [4.78, 5) is 0. The van der Waals surface area contributed by atoms with Gasteiger partial charge in [-0.05, 0) is 26.8 Å². The number of hydrogen-bond donors (Lipinski definition) is 1. The predicted molar refractivity (Wildman–Crippen MR) is 64.2 cm³/mol. The van der Waals surface area contributed by atoms with Gasteiger partial charge in [0.15, 0.2) is 0 Å². The molecule has 0 amide bonds. The molecule has 0 saturated heterocycles. The lowest BCUT2D eigenvalue weighted by Crippen LogP contribution is -2.44. The van der Waals surface area contributed by atoms with Gasteiger partial charge in [0.1, 0.15) is 5.54 Å². The van der Waals surface area contributed by atoms with E-state index >= 15 is 0 Å². The predicted octanol–water partition coefficient (Wildman–Crippen LogP) is 1.71. The third-order valence-electron chi connectivity index (χ3n) is 2.40. The Hall–Kier alpha value is -0.630. The Labute approximate surface area is 98.9 Å². The largest absolute Gasteiger partial charge is 0.382 e. The molecule has 0 bridgehead atoms. The van der Waals surface area contributed by atoms with Gasteiger partial charge >= 0.3 is 0 Å². The van der Waals surface area contributed by atoms with Crippen molar-refractivity contribution in [2.24, 2.45) is 0 Å². The van der Waals surface area contributed by atoms with Crippen molar-refractivity contribution in [3.8, 4) is 6.07 Å². The number of ether oxygens (including phenoxy) is 2. The molecule has 0 rings (SSSR count). The van der Waals surface area contributed by atoms with Crippen LogP contribution < -0.4 is 5.32 Å². The second-order valence-corrected chi connectivity index (χ2v) is 4.25. The average molecular weight is 228 g/mol. The highest BCUT2D eigenvalue weighted by molar-refractivity contribution is 5.04. The number of rotatable bonds is 9. The van der Waals surface area contributed by atoms with E-state index in [1.165, 1.54) is 0 Å². The third kappa shape index (κ3) is 6.78. The zero-order valence-corrected chi connectivity index (χ0v) is 10.9. The molecule has 1 N–H and O–H groups in total. The van der Waals surface area contributed by atoms with Crippen LogP contribution in [0.4, 0.5) is 0 Å². The molecule has 0 aromatic rings. The summed E-state index contributed by atoms with van der Waals surface area (Å²) in [5.41, 5.74) is -0.498. The van der Waals surface area contributed by atoms with Crippen molar-refractivity contribution in [1.82, 2.24) is 5.32 Å². The van der Waals surface area contributed by atoms with Gasteiger partial charge in [0.05, 0.1) is 25.4 Å².